The van der Waals surface area contributed by atoms with E-state index in [2.05, 4.69) is 17.6 Å². The molecule has 0 bridgehead atoms. The van der Waals surface area contributed by atoms with Crippen LogP contribution in [0.25, 0.3) is 0 Å². The second-order valence-electron chi connectivity index (χ2n) is 7.54. The second-order valence-corrected chi connectivity index (χ2v) is 7.54. The van der Waals surface area contributed by atoms with E-state index in [1.165, 1.54) is 12.1 Å². The number of amides is 2. The van der Waals surface area contributed by atoms with Crippen LogP contribution in [0.15, 0.2) is 24.3 Å². The summed E-state index contributed by atoms with van der Waals surface area (Å²) in [6, 6.07) is 6.51. The maximum Gasteiger partial charge on any atom is 0.223 e. The van der Waals surface area contributed by atoms with Crippen LogP contribution >= 0.6 is 0 Å². The summed E-state index contributed by atoms with van der Waals surface area (Å²) in [5.74, 6) is 0.301. The highest BCUT2D eigenvalue weighted by Gasteiger charge is 2.39. The standard InChI is InChI=1S/C20H27FN2O3/c1-14-12-17(14)19(25)22-9-6-18(24)23-13-20(7-10-26-11-8-20)15-2-4-16(21)5-3-15/h2-5,14,17H,6-13H2,1H3,(H,22,25)(H,23,24). The first-order valence-corrected chi connectivity index (χ1v) is 9.38. The van der Waals surface area contributed by atoms with Crippen LogP contribution in [0.3, 0.4) is 0 Å². The lowest BCUT2D eigenvalue weighted by molar-refractivity contribution is -0.123. The normalized spacial score (nSPS) is 23.9. The largest absolute Gasteiger partial charge is 0.381 e. The van der Waals surface area contributed by atoms with E-state index in [9.17, 15) is 14.0 Å². The van der Waals surface area contributed by atoms with Gasteiger partial charge in [0, 0.05) is 44.1 Å². The smallest absolute Gasteiger partial charge is 0.223 e. The van der Waals surface area contributed by atoms with Crippen LogP contribution in [0.4, 0.5) is 4.39 Å². The fraction of sp³-hybridized carbons (Fsp3) is 0.600. The Morgan fingerprint density at radius 3 is 2.46 bits per heavy atom. The van der Waals surface area contributed by atoms with Crippen LogP contribution in [0.2, 0.25) is 0 Å². The van der Waals surface area contributed by atoms with Crippen molar-refractivity contribution < 1.29 is 18.7 Å². The van der Waals surface area contributed by atoms with E-state index in [1.54, 1.807) is 12.1 Å². The summed E-state index contributed by atoms with van der Waals surface area (Å²) >= 11 is 0. The molecule has 2 unspecified atom stereocenters. The van der Waals surface area contributed by atoms with E-state index in [0.29, 0.717) is 32.2 Å². The molecule has 6 heteroatoms. The molecule has 2 fully saturated rings. The summed E-state index contributed by atoms with van der Waals surface area (Å²) in [6.45, 7) is 4.17. The number of hydrogen-bond donors (Lipinski definition) is 2. The zero-order valence-electron chi connectivity index (χ0n) is 15.2. The third kappa shape index (κ3) is 4.61. The van der Waals surface area contributed by atoms with Gasteiger partial charge in [-0.05, 0) is 42.9 Å². The quantitative estimate of drug-likeness (QED) is 0.781. The molecule has 1 aliphatic heterocycles. The highest BCUT2D eigenvalue weighted by molar-refractivity contribution is 5.82. The highest BCUT2D eigenvalue weighted by Crippen LogP contribution is 2.37. The van der Waals surface area contributed by atoms with Gasteiger partial charge in [-0.1, -0.05) is 19.1 Å². The van der Waals surface area contributed by atoms with Gasteiger partial charge in [-0.3, -0.25) is 9.59 Å². The SMILES string of the molecule is CC1CC1C(=O)NCCC(=O)NCC1(c2ccc(F)cc2)CCOCC1. The minimum Gasteiger partial charge on any atom is -0.381 e. The summed E-state index contributed by atoms with van der Waals surface area (Å²) in [6.07, 6.45) is 2.79. The molecule has 1 saturated carbocycles. The van der Waals surface area contributed by atoms with Gasteiger partial charge < -0.3 is 15.4 Å². The lowest BCUT2D eigenvalue weighted by Crippen LogP contribution is -2.45. The number of hydrogen-bond acceptors (Lipinski definition) is 3. The van der Waals surface area contributed by atoms with Gasteiger partial charge in [0.1, 0.15) is 5.82 Å². The molecule has 2 N–H and O–H groups in total. The lowest BCUT2D eigenvalue weighted by atomic mass is 9.74. The Bertz CT molecular complexity index is 641. The van der Waals surface area contributed by atoms with Gasteiger partial charge in [-0.25, -0.2) is 4.39 Å². The van der Waals surface area contributed by atoms with Crippen molar-refractivity contribution in [3.63, 3.8) is 0 Å². The third-order valence-corrected chi connectivity index (χ3v) is 5.63. The van der Waals surface area contributed by atoms with Crippen molar-refractivity contribution in [2.45, 2.75) is 38.0 Å². The lowest BCUT2D eigenvalue weighted by Gasteiger charge is -2.38. The van der Waals surface area contributed by atoms with Gasteiger partial charge in [0.05, 0.1) is 0 Å². The molecule has 2 amide bonds. The molecular weight excluding hydrogens is 335 g/mol. The Kier molecular flexibility index (Phi) is 5.91. The van der Waals surface area contributed by atoms with Gasteiger partial charge in [0.2, 0.25) is 11.8 Å². The fourth-order valence-electron chi connectivity index (χ4n) is 3.61. The molecule has 142 valence electrons. The number of rotatable bonds is 7. The van der Waals surface area contributed by atoms with Crippen LogP contribution in [-0.2, 0) is 19.7 Å². The van der Waals surface area contributed by atoms with Crippen LogP contribution < -0.4 is 10.6 Å². The average molecular weight is 362 g/mol. The molecule has 5 nitrogen and oxygen atoms in total. The maximum absolute atomic E-state index is 13.3. The van der Waals surface area contributed by atoms with Gasteiger partial charge in [-0.15, -0.1) is 0 Å². The second kappa shape index (κ2) is 8.16. The first-order valence-electron chi connectivity index (χ1n) is 9.38. The Labute approximate surface area is 153 Å². The van der Waals surface area contributed by atoms with E-state index >= 15 is 0 Å². The Morgan fingerprint density at radius 1 is 1.19 bits per heavy atom. The molecule has 1 saturated heterocycles. The Hall–Kier alpha value is -1.95. The Balaban J connectivity index is 1.50. The monoisotopic (exact) mass is 362 g/mol. The topological polar surface area (TPSA) is 67.4 Å². The molecule has 2 atom stereocenters. The number of nitrogens with one attached hydrogen (secondary N) is 2. The molecule has 3 rings (SSSR count). The van der Waals surface area contributed by atoms with E-state index in [1.807, 2.05) is 0 Å². The molecular formula is C20H27FN2O3. The fourth-order valence-corrected chi connectivity index (χ4v) is 3.61. The summed E-state index contributed by atoms with van der Waals surface area (Å²) in [5.41, 5.74) is 0.799. The molecule has 2 aliphatic rings. The van der Waals surface area contributed by atoms with E-state index < -0.39 is 0 Å². The predicted octanol–water partition coefficient (Wildman–Crippen LogP) is 2.15. The summed E-state index contributed by atoms with van der Waals surface area (Å²) in [5, 5.41) is 5.82. The van der Waals surface area contributed by atoms with Crippen LogP contribution in [0, 0.1) is 17.7 Å². The minimum absolute atomic E-state index is 0.0533. The first-order chi connectivity index (χ1) is 12.5. The first kappa shape index (κ1) is 18.8. The zero-order chi connectivity index (χ0) is 18.6. The van der Waals surface area contributed by atoms with Crippen molar-refractivity contribution in [2.75, 3.05) is 26.3 Å². The predicted molar refractivity (Wildman–Crippen MR) is 96.0 cm³/mol. The zero-order valence-corrected chi connectivity index (χ0v) is 15.2. The van der Waals surface area contributed by atoms with Gasteiger partial charge >= 0.3 is 0 Å². The van der Waals surface area contributed by atoms with E-state index in [0.717, 1.165) is 24.8 Å². The minimum atomic E-state index is -0.263. The van der Waals surface area contributed by atoms with Crippen LogP contribution in [0.1, 0.15) is 38.2 Å². The number of carbonyl (C=O) groups is 2. The maximum atomic E-state index is 13.3. The van der Waals surface area contributed by atoms with Gasteiger partial charge in [0.15, 0.2) is 0 Å². The molecule has 0 radical (unpaired) electrons. The molecule has 1 aliphatic carbocycles. The highest BCUT2D eigenvalue weighted by atomic mass is 19.1. The molecule has 0 aromatic heterocycles. The number of benzene rings is 1. The van der Waals surface area contributed by atoms with E-state index in [4.69, 9.17) is 4.74 Å². The van der Waals surface area contributed by atoms with Gasteiger partial charge in [-0.2, -0.15) is 0 Å². The Morgan fingerprint density at radius 2 is 1.85 bits per heavy atom. The van der Waals surface area contributed by atoms with Crippen molar-refractivity contribution in [3.8, 4) is 0 Å². The molecule has 1 heterocycles. The molecule has 1 aromatic rings. The van der Waals surface area contributed by atoms with Gasteiger partial charge in [0.25, 0.3) is 0 Å². The van der Waals surface area contributed by atoms with E-state index in [-0.39, 0.29) is 35.4 Å². The summed E-state index contributed by atoms with van der Waals surface area (Å²) in [7, 11) is 0. The van der Waals surface area contributed by atoms with Crippen molar-refractivity contribution in [2.24, 2.45) is 11.8 Å². The van der Waals surface area contributed by atoms with Crippen molar-refractivity contribution >= 4 is 11.8 Å². The third-order valence-electron chi connectivity index (χ3n) is 5.63. The van der Waals surface area contributed by atoms with Crippen LogP contribution in [-0.4, -0.2) is 38.1 Å². The average Bonchev–Trinajstić information content (AvgIpc) is 3.38. The van der Waals surface area contributed by atoms with Crippen molar-refractivity contribution in [1.29, 1.82) is 0 Å². The van der Waals surface area contributed by atoms with Crippen molar-refractivity contribution in [3.05, 3.63) is 35.6 Å². The molecule has 1 aromatic carbocycles. The number of ether oxygens (including phenoxy) is 1. The number of halogens is 1. The van der Waals surface area contributed by atoms with Crippen molar-refractivity contribution in [1.82, 2.24) is 10.6 Å². The summed E-state index contributed by atoms with van der Waals surface area (Å²) in [4.78, 5) is 24.0. The number of carbonyl (C=O) groups excluding carboxylic acids is 2. The summed E-state index contributed by atoms with van der Waals surface area (Å²) < 4.78 is 18.7. The molecule has 0 spiro atoms. The molecule has 26 heavy (non-hydrogen) atoms. The van der Waals surface area contributed by atoms with Crippen LogP contribution in [0.5, 0.6) is 0 Å².